The van der Waals surface area contributed by atoms with Crippen molar-refractivity contribution in [2.45, 2.75) is 13.0 Å². The normalized spacial score (nSPS) is 15.8. The number of rotatable bonds is 9. The van der Waals surface area contributed by atoms with Crippen LogP contribution in [0.2, 0.25) is 0 Å². The Labute approximate surface area is 159 Å². The number of nitrogens with zero attached hydrogens (tertiary/aromatic N) is 4. The summed E-state index contributed by atoms with van der Waals surface area (Å²) in [4.78, 5) is 4.88. The van der Waals surface area contributed by atoms with Gasteiger partial charge in [0, 0.05) is 46.3 Å². The minimum atomic E-state index is 0.678. The van der Waals surface area contributed by atoms with E-state index in [9.17, 15) is 0 Å². The summed E-state index contributed by atoms with van der Waals surface area (Å²) in [6, 6.07) is 8.46. The zero-order valence-corrected chi connectivity index (χ0v) is 16.4. The first-order valence-electron chi connectivity index (χ1n) is 9.11. The minimum absolute atomic E-state index is 0.678. The molecule has 7 nitrogen and oxygen atoms in total. The van der Waals surface area contributed by atoms with E-state index in [4.69, 9.17) is 4.74 Å². The number of aromatic nitrogens is 2. The summed E-state index contributed by atoms with van der Waals surface area (Å²) in [7, 11) is 4.03. The van der Waals surface area contributed by atoms with Crippen LogP contribution in [0.15, 0.2) is 24.3 Å². The smallest absolute Gasteiger partial charge is 0.184 e. The lowest BCUT2D eigenvalue weighted by molar-refractivity contribution is 0.148. The molecule has 26 heavy (non-hydrogen) atoms. The first-order chi connectivity index (χ1) is 12.7. The average molecular weight is 377 g/mol. The van der Waals surface area contributed by atoms with E-state index in [1.807, 2.05) is 13.1 Å². The molecule has 1 aliphatic heterocycles. The second-order valence-corrected chi connectivity index (χ2v) is 7.10. The van der Waals surface area contributed by atoms with Crippen LogP contribution in [0.3, 0.4) is 0 Å². The third-order valence-electron chi connectivity index (χ3n) is 4.51. The van der Waals surface area contributed by atoms with Crippen LogP contribution in [-0.2, 0) is 6.54 Å². The number of hydrogen-bond donors (Lipinski definition) is 2. The predicted molar refractivity (Wildman–Crippen MR) is 107 cm³/mol. The van der Waals surface area contributed by atoms with Gasteiger partial charge >= 0.3 is 0 Å². The van der Waals surface area contributed by atoms with Crippen molar-refractivity contribution in [1.82, 2.24) is 18.5 Å². The molecular formula is C18H28N6OS. The van der Waals surface area contributed by atoms with Gasteiger partial charge < -0.3 is 20.3 Å². The molecule has 1 aromatic carbocycles. The number of nitrogens with one attached hydrogen (secondary N) is 2. The van der Waals surface area contributed by atoms with Crippen molar-refractivity contribution in [3.63, 3.8) is 0 Å². The Morgan fingerprint density at radius 1 is 1.15 bits per heavy atom. The van der Waals surface area contributed by atoms with Crippen molar-refractivity contribution in [1.29, 1.82) is 0 Å². The number of likely N-dealkylation sites (N-methyl/N-ethyl adjacent to an activating group) is 1. The molecule has 1 fully saturated rings. The largest absolute Gasteiger partial charge is 0.494 e. The Morgan fingerprint density at radius 2 is 1.96 bits per heavy atom. The Hall–Kier alpha value is -1.90. The van der Waals surface area contributed by atoms with E-state index in [1.165, 1.54) is 17.3 Å². The fourth-order valence-electron chi connectivity index (χ4n) is 2.94. The molecule has 1 aliphatic rings. The molecular weight excluding hydrogens is 348 g/mol. The van der Waals surface area contributed by atoms with Crippen LogP contribution in [-0.4, -0.2) is 72.0 Å². The van der Waals surface area contributed by atoms with E-state index < -0.39 is 0 Å². The predicted octanol–water partition coefficient (Wildman–Crippen LogP) is 2.21. The lowest BCUT2D eigenvalue weighted by Gasteiger charge is -2.32. The van der Waals surface area contributed by atoms with Crippen molar-refractivity contribution in [3.05, 3.63) is 29.8 Å². The zero-order valence-electron chi connectivity index (χ0n) is 15.6. The van der Waals surface area contributed by atoms with Gasteiger partial charge in [-0.2, -0.15) is 8.75 Å². The molecule has 0 radical (unpaired) electrons. The Balaban J connectivity index is 1.38. The summed E-state index contributed by atoms with van der Waals surface area (Å²) >= 11 is 1.20. The molecule has 0 spiro atoms. The number of piperazine rings is 1. The molecule has 2 aromatic rings. The summed E-state index contributed by atoms with van der Waals surface area (Å²) in [6.45, 7) is 7.04. The second-order valence-electron chi connectivity index (χ2n) is 6.57. The molecule has 2 N–H and O–H groups in total. The Morgan fingerprint density at radius 3 is 2.77 bits per heavy atom. The highest BCUT2D eigenvalue weighted by molar-refractivity contribution is 6.99. The maximum absolute atomic E-state index is 5.91. The zero-order chi connectivity index (χ0) is 18.2. The molecule has 0 unspecified atom stereocenters. The third kappa shape index (κ3) is 5.55. The van der Waals surface area contributed by atoms with Gasteiger partial charge in [-0.3, -0.25) is 4.90 Å². The molecule has 3 rings (SSSR count). The Kier molecular flexibility index (Phi) is 7.04. The van der Waals surface area contributed by atoms with Gasteiger partial charge in [0.2, 0.25) is 0 Å². The van der Waals surface area contributed by atoms with Gasteiger partial charge in [-0.05, 0) is 31.2 Å². The Bertz CT molecular complexity index is 671. The first kappa shape index (κ1) is 18.9. The van der Waals surface area contributed by atoms with Gasteiger partial charge in [0.15, 0.2) is 11.6 Å². The van der Waals surface area contributed by atoms with E-state index in [0.29, 0.717) is 6.61 Å². The monoisotopic (exact) mass is 376 g/mol. The number of ether oxygens (including phenoxy) is 1. The highest BCUT2D eigenvalue weighted by Crippen LogP contribution is 2.18. The quantitative estimate of drug-likeness (QED) is 0.651. The molecule has 0 amide bonds. The highest BCUT2D eigenvalue weighted by atomic mass is 32.1. The topological polar surface area (TPSA) is 65.6 Å². The molecule has 0 atom stereocenters. The van der Waals surface area contributed by atoms with Gasteiger partial charge in [0.25, 0.3) is 0 Å². The third-order valence-corrected chi connectivity index (χ3v) is 5.04. The first-order valence-corrected chi connectivity index (χ1v) is 9.84. The number of hydrogen-bond acceptors (Lipinski definition) is 8. The van der Waals surface area contributed by atoms with Crippen molar-refractivity contribution < 1.29 is 4.74 Å². The fourth-order valence-corrected chi connectivity index (χ4v) is 3.47. The SMILES string of the molecule is CNc1nsnc1NCCCOc1cccc(CN2CCN(C)CC2)c1. The van der Waals surface area contributed by atoms with Gasteiger partial charge in [0.05, 0.1) is 18.3 Å². The maximum atomic E-state index is 5.91. The van der Waals surface area contributed by atoms with Crippen molar-refractivity contribution in [2.24, 2.45) is 0 Å². The van der Waals surface area contributed by atoms with Crippen LogP contribution in [0.4, 0.5) is 11.6 Å². The lowest BCUT2D eigenvalue weighted by atomic mass is 10.2. The summed E-state index contributed by atoms with van der Waals surface area (Å²) in [5.41, 5.74) is 1.32. The van der Waals surface area contributed by atoms with Crippen molar-refractivity contribution in [3.8, 4) is 5.75 Å². The standard InChI is InChI=1S/C18H28N6OS/c1-19-17-18(22-26-21-17)20-7-4-12-25-16-6-3-5-15(13-16)14-24-10-8-23(2)9-11-24/h3,5-6,13H,4,7-12,14H2,1-2H3,(H,19,21)(H,20,22). The molecule has 8 heteroatoms. The van der Waals surface area contributed by atoms with Gasteiger partial charge in [-0.15, -0.1) is 0 Å². The van der Waals surface area contributed by atoms with E-state index in [0.717, 1.165) is 63.1 Å². The lowest BCUT2D eigenvalue weighted by Crippen LogP contribution is -2.43. The molecule has 1 saturated heterocycles. The van der Waals surface area contributed by atoms with Crippen molar-refractivity contribution >= 4 is 23.4 Å². The van der Waals surface area contributed by atoms with Gasteiger partial charge in [0.1, 0.15) is 5.75 Å². The molecule has 0 bridgehead atoms. The average Bonchev–Trinajstić information content (AvgIpc) is 3.11. The van der Waals surface area contributed by atoms with Crippen LogP contribution < -0.4 is 15.4 Å². The summed E-state index contributed by atoms with van der Waals surface area (Å²) < 4.78 is 14.3. The summed E-state index contributed by atoms with van der Waals surface area (Å²) in [5, 5.41) is 6.30. The van der Waals surface area contributed by atoms with Crippen LogP contribution in [0.1, 0.15) is 12.0 Å². The minimum Gasteiger partial charge on any atom is -0.494 e. The van der Waals surface area contributed by atoms with E-state index in [2.05, 4.69) is 54.4 Å². The van der Waals surface area contributed by atoms with E-state index in [-0.39, 0.29) is 0 Å². The number of benzene rings is 1. The summed E-state index contributed by atoms with van der Waals surface area (Å²) in [5.74, 6) is 2.56. The van der Waals surface area contributed by atoms with E-state index in [1.54, 1.807) is 0 Å². The fraction of sp³-hybridized carbons (Fsp3) is 0.556. The molecule has 2 heterocycles. The van der Waals surface area contributed by atoms with E-state index >= 15 is 0 Å². The van der Waals surface area contributed by atoms with Crippen LogP contribution in [0.5, 0.6) is 5.75 Å². The molecule has 0 saturated carbocycles. The van der Waals surface area contributed by atoms with Gasteiger partial charge in [-0.1, -0.05) is 12.1 Å². The van der Waals surface area contributed by atoms with Crippen LogP contribution >= 0.6 is 11.7 Å². The van der Waals surface area contributed by atoms with Crippen LogP contribution in [0, 0.1) is 0 Å². The molecule has 142 valence electrons. The molecule has 0 aliphatic carbocycles. The maximum Gasteiger partial charge on any atom is 0.184 e. The molecule has 1 aromatic heterocycles. The summed E-state index contributed by atoms with van der Waals surface area (Å²) in [6.07, 6.45) is 0.906. The van der Waals surface area contributed by atoms with Crippen LogP contribution in [0.25, 0.3) is 0 Å². The van der Waals surface area contributed by atoms with Gasteiger partial charge in [-0.25, -0.2) is 0 Å². The highest BCUT2D eigenvalue weighted by Gasteiger charge is 2.14. The van der Waals surface area contributed by atoms with Crippen molar-refractivity contribution in [2.75, 3.05) is 64.1 Å². The second kappa shape index (κ2) is 9.70. The number of anilines is 2.